The summed E-state index contributed by atoms with van der Waals surface area (Å²) in [7, 11) is 3.97. The number of rotatable bonds is 3. The van der Waals surface area contributed by atoms with Crippen LogP contribution in [0.15, 0.2) is 28.8 Å². The summed E-state index contributed by atoms with van der Waals surface area (Å²) in [6.45, 7) is 5.13. The van der Waals surface area contributed by atoms with E-state index in [1.54, 1.807) is 13.8 Å². The van der Waals surface area contributed by atoms with Crippen LogP contribution in [0, 0.1) is 12.8 Å². The van der Waals surface area contributed by atoms with Gasteiger partial charge in [0.05, 0.1) is 17.2 Å². The predicted molar refractivity (Wildman–Crippen MR) is 92.4 cm³/mol. The highest BCUT2D eigenvalue weighted by molar-refractivity contribution is 5.82. The van der Waals surface area contributed by atoms with Crippen molar-refractivity contribution in [3.05, 3.63) is 46.8 Å². The minimum absolute atomic E-state index is 0.0204. The molecule has 5 heteroatoms. The fourth-order valence-electron chi connectivity index (χ4n) is 3.94. The number of aliphatic hydroxyl groups is 1. The Morgan fingerprint density at radius 2 is 1.96 bits per heavy atom. The molecule has 0 bridgehead atoms. The number of carbonyl (C=O) groups is 1. The van der Waals surface area contributed by atoms with Gasteiger partial charge in [0.15, 0.2) is 0 Å². The van der Waals surface area contributed by atoms with Gasteiger partial charge in [-0.1, -0.05) is 17.3 Å². The lowest BCUT2D eigenvalue weighted by atomic mass is 9.64. The fraction of sp³-hybridized carbons (Fsp3) is 0.474. The molecule has 1 N–H and O–H groups in total. The van der Waals surface area contributed by atoms with Crippen molar-refractivity contribution in [3.63, 3.8) is 0 Å². The Kier molecular flexibility index (Phi) is 4.00. The first-order valence-electron chi connectivity index (χ1n) is 8.17. The molecule has 0 saturated heterocycles. The Bertz CT molecular complexity index is 759. The summed E-state index contributed by atoms with van der Waals surface area (Å²) in [5, 5.41) is 15.0. The molecule has 5 nitrogen and oxygen atoms in total. The predicted octanol–water partition coefficient (Wildman–Crippen LogP) is 2.69. The van der Waals surface area contributed by atoms with Crippen molar-refractivity contribution in [3.8, 4) is 0 Å². The van der Waals surface area contributed by atoms with E-state index in [2.05, 4.69) is 5.16 Å². The van der Waals surface area contributed by atoms with Crippen molar-refractivity contribution in [1.29, 1.82) is 0 Å². The van der Waals surface area contributed by atoms with E-state index in [1.165, 1.54) is 0 Å². The lowest BCUT2D eigenvalue weighted by Gasteiger charge is -2.40. The number of ketones is 1. The van der Waals surface area contributed by atoms with Crippen molar-refractivity contribution in [1.82, 2.24) is 5.16 Å². The van der Waals surface area contributed by atoms with Crippen LogP contribution in [-0.4, -0.2) is 35.7 Å². The third-order valence-electron chi connectivity index (χ3n) is 5.03. The van der Waals surface area contributed by atoms with E-state index in [4.69, 9.17) is 4.52 Å². The summed E-state index contributed by atoms with van der Waals surface area (Å²) in [6.07, 6.45) is 0.330. The lowest BCUT2D eigenvalue weighted by Crippen LogP contribution is -2.48. The standard InChI is InChI=1S/C19H24N2O3/c1-11(22)18-17(13-6-8-14(9-7-13)21(4)5)16-12(2)24-20-15(16)10-19(18,3)23/h6-9,17-18,23H,10H2,1-5H3/t17-,18-,19-/m1/s1. The van der Waals surface area contributed by atoms with Crippen LogP contribution in [0.4, 0.5) is 5.69 Å². The number of benzene rings is 1. The van der Waals surface area contributed by atoms with Gasteiger partial charge < -0.3 is 14.5 Å². The van der Waals surface area contributed by atoms with Crippen LogP contribution >= 0.6 is 0 Å². The first kappa shape index (κ1) is 16.7. The molecule has 24 heavy (non-hydrogen) atoms. The van der Waals surface area contributed by atoms with Gasteiger partial charge in [-0.05, 0) is 38.5 Å². The maximum absolute atomic E-state index is 12.4. The monoisotopic (exact) mass is 328 g/mol. The second-order valence-corrected chi connectivity index (χ2v) is 7.19. The average Bonchev–Trinajstić information content (AvgIpc) is 2.85. The molecule has 0 unspecified atom stereocenters. The van der Waals surface area contributed by atoms with Crippen LogP contribution < -0.4 is 4.90 Å². The van der Waals surface area contributed by atoms with Gasteiger partial charge in [-0.15, -0.1) is 0 Å². The average molecular weight is 328 g/mol. The number of Topliss-reactive ketones (excluding diaryl/α,β-unsaturated/α-hetero) is 1. The van der Waals surface area contributed by atoms with Crippen LogP contribution in [0.3, 0.4) is 0 Å². The molecule has 0 radical (unpaired) electrons. The summed E-state index contributed by atoms with van der Waals surface area (Å²) in [4.78, 5) is 14.4. The van der Waals surface area contributed by atoms with Crippen LogP contribution in [0.25, 0.3) is 0 Å². The maximum atomic E-state index is 12.4. The van der Waals surface area contributed by atoms with E-state index in [9.17, 15) is 9.90 Å². The van der Waals surface area contributed by atoms with Gasteiger partial charge in [-0.25, -0.2) is 0 Å². The van der Waals surface area contributed by atoms with Crippen LogP contribution in [0.5, 0.6) is 0 Å². The number of hydrogen-bond acceptors (Lipinski definition) is 5. The highest BCUT2D eigenvalue weighted by Gasteiger charge is 2.49. The molecule has 0 amide bonds. The van der Waals surface area contributed by atoms with Gasteiger partial charge >= 0.3 is 0 Å². The van der Waals surface area contributed by atoms with Gasteiger partial charge in [-0.3, -0.25) is 4.79 Å². The number of aromatic nitrogens is 1. The molecule has 2 aromatic rings. The second kappa shape index (κ2) is 5.74. The van der Waals surface area contributed by atoms with E-state index in [0.29, 0.717) is 12.2 Å². The van der Waals surface area contributed by atoms with Gasteiger partial charge in [0.25, 0.3) is 0 Å². The molecule has 0 spiro atoms. The first-order chi connectivity index (χ1) is 11.2. The summed E-state index contributed by atoms with van der Waals surface area (Å²) in [6, 6.07) is 8.10. The van der Waals surface area contributed by atoms with E-state index >= 15 is 0 Å². The number of nitrogens with zero attached hydrogens (tertiary/aromatic N) is 2. The number of aryl methyl sites for hydroxylation is 1. The van der Waals surface area contributed by atoms with Crippen molar-refractivity contribution in [2.45, 2.75) is 38.7 Å². The SMILES string of the molecule is CC(=O)[C@@H]1[C@H](c2ccc(N(C)C)cc2)c2c(noc2C)C[C@@]1(C)O. The number of anilines is 1. The maximum Gasteiger partial charge on any atom is 0.137 e. The highest BCUT2D eigenvalue weighted by atomic mass is 16.5. The van der Waals surface area contributed by atoms with Gasteiger partial charge in [-0.2, -0.15) is 0 Å². The number of carbonyl (C=O) groups excluding carboxylic acids is 1. The minimum Gasteiger partial charge on any atom is -0.389 e. The van der Waals surface area contributed by atoms with Crippen molar-refractivity contribution >= 4 is 11.5 Å². The topological polar surface area (TPSA) is 66.6 Å². The molecule has 1 aliphatic rings. The van der Waals surface area contributed by atoms with Crippen molar-refractivity contribution in [2.75, 3.05) is 19.0 Å². The van der Waals surface area contributed by atoms with E-state index in [-0.39, 0.29) is 11.7 Å². The van der Waals surface area contributed by atoms with E-state index < -0.39 is 11.5 Å². The Morgan fingerprint density at radius 3 is 2.50 bits per heavy atom. The Morgan fingerprint density at radius 1 is 1.33 bits per heavy atom. The van der Waals surface area contributed by atoms with Crippen LogP contribution in [0.1, 0.15) is 42.3 Å². The molecule has 1 aliphatic carbocycles. The normalized spacial score (nSPS) is 26.1. The van der Waals surface area contributed by atoms with Gasteiger partial charge in [0.1, 0.15) is 11.5 Å². The molecule has 1 aromatic carbocycles. The fourth-order valence-corrected chi connectivity index (χ4v) is 3.94. The zero-order valence-electron chi connectivity index (χ0n) is 14.8. The highest BCUT2D eigenvalue weighted by Crippen LogP contribution is 2.47. The van der Waals surface area contributed by atoms with Crippen molar-refractivity contribution in [2.24, 2.45) is 5.92 Å². The quantitative estimate of drug-likeness (QED) is 0.938. The Balaban J connectivity index is 2.17. The summed E-state index contributed by atoms with van der Waals surface area (Å²) in [5.74, 6) is -0.0709. The molecule has 3 atom stereocenters. The third kappa shape index (κ3) is 2.63. The van der Waals surface area contributed by atoms with Crippen LogP contribution in [0.2, 0.25) is 0 Å². The van der Waals surface area contributed by atoms with Gasteiger partial charge in [0, 0.05) is 37.7 Å². The summed E-state index contributed by atoms with van der Waals surface area (Å²) in [5.41, 5.74) is 2.62. The number of hydrogen-bond donors (Lipinski definition) is 1. The molecule has 0 fully saturated rings. The molecule has 0 aliphatic heterocycles. The largest absolute Gasteiger partial charge is 0.389 e. The molecule has 1 aromatic heterocycles. The zero-order valence-corrected chi connectivity index (χ0v) is 14.8. The van der Waals surface area contributed by atoms with Crippen LogP contribution in [-0.2, 0) is 11.2 Å². The Labute approximate surface area is 142 Å². The summed E-state index contributed by atoms with van der Waals surface area (Å²) < 4.78 is 5.37. The van der Waals surface area contributed by atoms with Crippen molar-refractivity contribution < 1.29 is 14.4 Å². The van der Waals surface area contributed by atoms with Gasteiger partial charge in [0.2, 0.25) is 0 Å². The molecule has 1 heterocycles. The zero-order chi connectivity index (χ0) is 17.6. The molecule has 3 rings (SSSR count). The molecular weight excluding hydrogens is 304 g/mol. The first-order valence-corrected chi connectivity index (χ1v) is 8.17. The second-order valence-electron chi connectivity index (χ2n) is 7.19. The Hall–Kier alpha value is -2.14. The van der Waals surface area contributed by atoms with E-state index in [1.807, 2.05) is 50.2 Å². The third-order valence-corrected chi connectivity index (χ3v) is 5.03. The summed E-state index contributed by atoms with van der Waals surface area (Å²) >= 11 is 0. The molecular formula is C19H24N2O3. The molecule has 0 saturated carbocycles. The minimum atomic E-state index is -1.15. The number of fused-ring (bicyclic) bond motifs is 1. The smallest absolute Gasteiger partial charge is 0.137 e. The lowest BCUT2D eigenvalue weighted by molar-refractivity contribution is -0.130. The van der Waals surface area contributed by atoms with E-state index in [0.717, 1.165) is 22.5 Å². The molecule has 128 valence electrons.